The Labute approximate surface area is 187 Å². The van der Waals surface area contributed by atoms with Gasteiger partial charge in [0.1, 0.15) is 6.54 Å². The summed E-state index contributed by atoms with van der Waals surface area (Å²) in [6, 6.07) is 11.2. The van der Waals surface area contributed by atoms with Crippen LogP contribution in [-0.4, -0.2) is 26.9 Å². The van der Waals surface area contributed by atoms with Gasteiger partial charge in [0, 0.05) is 16.1 Å². The summed E-state index contributed by atoms with van der Waals surface area (Å²) in [4.78, 5) is 13.0. The molecular weight excluding hydrogens is 443 g/mol. The Morgan fingerprint density at radius 2 is 1.73 bits per heavy atom. The molecule has 0 radical (unpaired) electrons. The highest BCUT2D eigenvalue weighted by atomic mass is 35.5. The minimum Gasteiger partial charge on any atom is -0.352 e. The fourth-order valence-electron chi connectivity index (χ4n) is 4.64. The van der Waals surface area contributed by atoms with Gasteiger partial charge in [-0.3, -0.25) is 9.10 Å². The summed E-state index contributed by atoms with van der Waals surface area (Å²) in [5.74, 6) is 0.862. The number of halogens is 2. The van der Waals surface area contributed by atoms with Gasteiger partial charge in [0.2, 0.25) is 5.91 Å². The predicted octanol–water partition coefficient (Wildman–Crippen LogP) is 4.80. The molecule has 0 spiro atoms. The molecule has 0 saturated heterocycles. The number of amides is 1. The van der Waals surface area contributed by atoms with E-state index in [1.54, 1.807) is 12.1 Å². The van der Waals surface area contributed by atoms with E-state index in [0.717, 1.165) is 29.1 Å². The first-order valence-electron chi connectivity index (χ1n) is 10.1. The number of nitrogens with zero attached hydrogens (tertiary/aromatic N) is 1. The van der Waals surface area contributed by atoms with E-state index in [9.17, 15) is 13.2 Å². The third-order valence-electron chi connectivity index (χ3n) is 6.12. The van der Waals surface area contributed by atoms with Crippen molar-refractivity contribution in [1.82, 2.24) is 5.32 Å². The molecule has 5 nitrogen and oxygen atoms in total. The zero-order chi connectivity index (χ0) is 21.5. The van der Waals surface area contributed by atoms with Crippen LogP contribution in [0.5, 0.6) is 0 Å². The summed E-state index contributed by atoms with van der Waals surface area (Å²) >= 11 is 12.2. The monoisotopic (exact) mass is 466 g/mol. The minimum absolute atomic E-state index is 0.108. The lowest BCUT2D eigenvalue weighted by molar-refractivity contribution is -0.120. The normalized spacial score (nSPS) is 22.8. The Morgan fingerprint density at radius 3 is 2.30 bits per heavy atom. The third kappa shape index (κ3) is 4.46. The van der Waals surface area contributed by atoms with Crippen LogP contribution in [0.4, 0.5) is 5.69 Å². The van der Waals surface area contributed by atoms with Gasteiger partial charge < -0.3 is 5.32 Å². The first-order chi connectivity index (χ1) is 14.2. The van der Waals surface area contributed by atoms with E-state index in [0.29, 0.717) is 21.9 Å². The summed E-state index contributed by atoms with van der Waals surface area (Å²) in [7, 11) is -3.99. The summed E-state index contributed by atoms with van der Waals surface area (Å²) in [5, 5.41) is 3.66. The molecular formula is C22H24Cl2N2O3S. The average Bonchev–Trinajstić information content (AvgIpc) is 3.28. The molecule has 2 saturated carbocycles. The fourth-order valence-corrected chi connectivity index (χ4v) is 6.56. The van der Waals surface area contributed by atoms with Gasteiger partial charge in [-0.1, -0.05) is 47.3 Å². The topological polar surface area (TPSA) is 66.5 Å². The van der Waals surface area contributed by atoms with Gasteiger partial charge in [0.05, 0.1) is 10.6 Å². The summed E-state index contributed by atoms with van der Waals surface area (Å²) < 4.78 is 27.9. The lowest BCUT2D eigenvalue weighted by atomic mass is 9.95. The van der Waals surface area contributed by atoms with Gasteiger partial charge in [-0.2, -0.15) is 0 Å². The molecule has 8 heteroatoms. The van der Waals surface area contributed by atoms with Crippen molar-refractivity contribution >= 4 is 44.8 Å². The highest BCUT2D eigenvalue weighted by molar-refractivity contribution is 7.92. The first-order valence-corrected chi connectivity index (χ1v) is 12.3. The Kier molecular flexibility index (Phi) is 6.02. The van der Waals surface area contributed by atoms with Crippen LogP contribution >= 0.6 is 23.2 Å². The van der Waals surface area contributed by atoms with Crippen LogP contribution in [0.15, 0.2) is 47.4 Å². The lowest BCUT2D eigenvalue weighted by Crippen LogP contribution is -2.46. The molecule has 1 N–H and O–H groups in total. The second kappa shape index (κ2) is 8.40. The quantitative estimate of drug-likeness (QED) is 0.664. The van der Waals surface area contributed by atoms with Crippen LogP contribution in [-0.2, 0) is 14.8 Å². The number of sulfonamides is 1. The van der Waals surface area contributed by atoms with Crippen molar-refractivity contribution in [2.75, 3.05) is 10.8 Å². The summed E-state index contributed by atoms with van der Waals surface area (Å²) in [6.45, 7) is 1.55. The van der Waals surface area contributed by atoms with Crippen LogP contribution in [0.3, 0.4) is 0 Å². The number of anilines is 1. The van der Waals surface area contributed by atoms with E-state index in [1.807, 2.05) is 6.92 Å². The average molecular weight is 467 g/mol. The van der Waals surface area contributed by atoms with Crippen LogP contribution in [0, 0.1) is 18.8 Å². The van der Waals surface area contributed by atoms with Crippen molar-refractivity contribution < 1.29 is 13.2 Å². The van der Waals surface area contributed by atoms with E-state index >= 15 is 0 Å². The minimum atomic E-state index is -3.99. The molecule has 2 aromatic carbocycles. The van der Waals surface area contributed by atoms with E-state index in [-0.39, 0.29) is 29.1 Å². The van der Waals surface area contributed by atoms with Crippen molar-refractivity contribution in [2.45, 2.75) is 43.5 Å². The Hall–Kier alpha value is -1.76. The zero-order valence-electron chi connectivity index (χ0n) is 16.6. The van der Waals surface area contributed by atoms with Crippen LogP contribution in [0.25, 0.3) is 0 Å². The van der Waals surface area contributed by atoms with Gasteiger partial charge >= 0.3 is 0 Å². The van der Waals surface area contributed by atoms with Crippen molar-refractivity contribution in [1.29, 1.82) is 0 Å². The molecule has 160 valence electrons. The molecule has 4 rings (SSSR count). The van der Waals surface area contributed by atoms with Crippen molar-refractivity contribution in [3.63, 3.8) is 0 Å². The van der Waals surface area contributed by atoms with Gasteiger partial charge in [-0.25, -0.2) is 8.42 Å². The maximum absolute atomic E-state index is 13.4. The number of carbonyl (C=O) groups is 1. The number of rotatable bonds is 6. The third-order valence-corrected chi connectivity index (χ3v) is 8.34. The molecule has 0 aromatic heterocycles. The number of nitrogens with one attached hydrogen (secondary N) is 1. The fraction of sp³-hybridized carbons (Fsp3) is 0.409. The Morgan fingerprint density at radius 1 is 1.07 bits per heavy atom. The molecule has 0 aliphatic heterocycles. The number of hydrogen-bond donors (Lipinski definition) is 1. The SMILES string of the molecule is Cc1ccc(S(=O)(=O)N(CC(=O)N[C@H]2C[C@H]3CC[C@H]2C3)c2cc(Cl)cc(Cl)c2)cc1. The van der Waals surface area contributed by atoms with Crippen LogP contribution < -0.4 is 9.62 Å². The number of fused-ring (bicyclic) bond motifs is 2. The molecule has 3 atom stereocenters. The maximum Gasteiger partial charge on any atom is 0.264 e. The largest absolute Gasteiger partial charge is 0.352 e. The number of benzene rings is 2. The van der Waals surface area contributed by atoms with E-state index in [1.165, 1.54) is 36.8 Å². The standard InChI is InChI=1S/C22H24Cl2N2O3S/c1-14-2-6-20(7-3-14)30(28,29)26(19-11-17(23)10-18(24)12-19)13-22(27)25-21-9-15-4-5-16(21)8-15/h2-3,6-7,10-12,15-16,21H,4-5,8-9,13H2,1H3,(H,25,27)/t15-,16-,21-/m0/s1. The predicted molar refractivity (Wildman–Crippen MR) is 120 cm³/mol. The van der Waals surface area contributed by atoms with E-state index in [2.05, 4.69) is 5.32 Å². The Balaban J connectivity index is 1.63. The van der Waals surface area contributed by atoms with Gasteiger partial charge in [0.15, 0.2) is 0 Å². The molecule has 2 fully saturated rings. The highest BCUT2D eigenvalue weighted by Crippen LogP contribution is 2.44. The second-order valence-electron chi connectivity index (χ2n) is 8.30. The number of aryl methyl sites for hydroxylation is 1. The van der Waals surface area contributed by atoms with E-state index in [4.69, 9.17) is 23.2 Å². The highest BCUT2D eigenvalue weighted by Gasteiger charge is 2.40. The van der Waals surface area contributed by atoms with Crippen LogP contribution in [0.1, 0.15) is 31.2 Å². The smallest absolute Gasteiger partial charge is 0.264 e. The van der Waals surface area contributed by atoms with Gasteiger partial charge in [-0.05, 0) is 68.4 Å². The second-order valence-corrected chi connectivity index (χ2v) is 11.0. The lowest BCUT2D eigenvalue weighted by Gasteiger charge is -2.27. The first kappa shape index (κ1) is 21.5. The van der Waals surface area contributed by atoms with Crippen molar-refractivity contribution in [3.8, 4) is 0 Å². The Bertz CT molecular complexity index is 1040. The molecule has 30 heavy (non-hydrogen) atoms. The molecule has 2 bridgehead atoms. The molecule has 0 unspecified atom stereocenters. The molecule has 1 amide bonds. The summed E-state index contributed by atoms with van der Waals surface area (Å²) in [5.41, 5.74) is 1.21. The number of hydrogen-bond acceptors (Lipinski definition) is 3. The zero-order valence-corrected chi connectivity index (χ0v) is 19.0. The molecule has 2 aliphatic rings. The van der Waals surface area contributed by atoms with Crippen molar-refractivity contribution in [2.24, 2.45) is 11.8 Å². The van der Waals surface area contributed by atoms with Gasteiger partial charge in [-0.15, -0.1) is 0 Å². The van der Waals surface area contributed by atoms with Crippen molar-refractivity contribution in [3.05, 3.63) is 58.1 Å². The molecule has 2 aromatic rings. The number of carbonyl (C=O) groups excluding carboxylic acids is 1. The van der Waals surface area contributed by atoms with E-state index < -0.39 is 10.0 Å². The van der Waals surface area contributed by atoms with Gasteiger partial charge in [0.25, 0.3) is 10.0 Å². The summed E-state index contributed by atoms with van der Waals surface area (Å²) in [6.07, 6.45) is 4.49. The molecule has 2 aliphatic carbocycles. The maximum atomic E-state index is 13.4. The molecule has 0 heterocycles. The van der Waals surface area contributed by atoms with Crippen LogP contribution in [0.2, 0.25) is 10.0 Å².